The first-order chi connectivity index (χ1) is 8.38. The van der Waals surface area contributed by atoms with Crippen LogP contribution in [-0.2, 0) is 4.74 Å². The van der Waals surface area contributed by atoms with E-state index in [1.807, 2.05) is 0 Å². The Kier molecular flexibility index (Phi) is 8.18. The summed E-state index contributed by atoms with van der Waals surface area (Å²) in [4.78, 5) is 0. The zero-order valence-corrected chi connectivity index (χ0v) is 11.4. The van der Waals surface area contributed by atoms with Crippen molar-refractivity contribution in [1.29, 1.82) is 0 Å². The minimum atomic E-state index is 0.397. The molecule has 1 rings (SSSR count). The van der Waals surface area contributed by atoms with E-state index in [2.05, 4.69) is 12.8 Å². The normalized spacial score (nSPS) is 22.4. The molecule has 0 spiro atoms. The molecule has 98 valence electrons. The van der Waals surface area contributed by atoms with E-state index in [4.69, 9.17) is 11.2 Å². The molecule has 1 fully saturated rings. The fraction of sp³-hybridized carbons (Fsp3) is 0.875. The largest absolute Gasteiger partial charge is 0.369 e. The molecule has 1 saturated heterocycles. The molecule has 0 amide bonds. The van der Waals surface area contributed by atoms with E-state index in [1.54, 1.807) is 0 Å². The van der Waals surface area contributed by atoms with E-state index < -0.39 is 0 Å². The molecule has 1 heterocycles. The van der Waals surface area contributed by atoms with Crippen LogP contribution in [0.25, 0.3) is 0 Å². The number of unbranched alkanes of at least 4 members (excludes halogenated alkanes) is 8. The van der Waals surface area contributed by atoms with E-state index in [0.717, 1.165) is 6.42 Å². The second-order valence-corrected chi connectivity index (χ2v) is 5.24. The monoisotopic (exact) mass is 236 g/mol. The highest BCUT2D eigenvalue weighted by molar-refractivity contribution is 4.96. The third-order valence-electron chi connectivity index (χ3n) is 3.60. The molecule has 1 aliphatic rings. The Balaban J connectivity index is 1.73. The van der Waals surface area contributed by atoms with Crippen molar-refractivity contribution >= 4 is 0 Å². The molecule has 2 atom stereocenters. The highest BCUT2D eigenvalue weighted by atomic mass is 16.6. The molecule has 0 bridgehead atoms. The number of ether oxygens (including phenoxy) is 1. The molecule has 0 radical (unpaired) electrons. The molecule has 1 heteroatoms. The van der Waals surface area contributed by atoms with Crippen LogP contribution < -0.4 is 0 Å². The van der Waals surface area contributed by atoms with Crippen LogP contribution in [0.5, 0.6) is 0 Å². The van der Waals surface area contributed by atoms with Crippen LogP contribution in [0.3, 0.4) is 0 Å². The van der Waals surface area contributed by atoms with Gasteiger partial charge in [-0.25, -0.2) is 0 Å². The van der Waals surface area contributed by atoms with Crippen molar-refractivity contribution in [2.24, 2.45) is 0 Å². The lowest BCUT2D eigenvalue weighted by atomic mass is 10.0. The molecular weight excluding hydrogens is 208 g/mol. The zero-order valence-electron chi connectivity index (χ0n) is 11.4. The SMILES string of the molecule is C#CC[C@@H]1O[C@@H]1CCCCCCCCCCC. The first kappa shape index (κ1) is 14.6. The lowest BCUT2D eigenvalue weighted by Gasteiger charge is -2.01. The maximum Gasteiger partial charge on any atom is 0.0950 e. The van der Waals surface area contributed by atoms with Gasteiger partial charge in [0.15, 0.2) is 0 Å². The van der Waals surface area contributed by atoms with Crippen LogP contribution in [0.1, 0.15) is 77.6 Å². The van der Waals surface area contributed by atoms with Crippen molar-refractivity contribution in [3.63, 3.8) is 0 Å². The summed E-state index contributed by atoms with van der Waals surface area (Å²) in [6.45, 7) is 2.27. The third-order valence-corrected chi connectivity index (χ3v) is 3.60. The van der Waals surface area contributed by atoms with Gasteiger partial charge >= 0.3 is 0 Å². The molecule has 0 aromatic rings. The molecule has 0 aliphatic carbocycles. The number of hydrogen-bond acceptors (Lipinski definition) is 1. The van der Waals surface area contributed by atoms with Crippen molar-refractivity contribution < 1.29 is 4.74 Å². The van der Waals surface area contributed by atoms with Crippen LogP contribution in [0.15, 0.2) is 0 Å². The van der Waals surface area contributed by atoms with Gasteiger partial charge in [-0.2, -0.15) is 0 Å². The molecule has 0 saturated carbocycles. The van der Waals surface area contributed by atoms with Crippen LogP contribution in [0, 0.1) is 12.3 Å². The topological polar surface area (TPSA) is 12.5 Å². The summed E-state index contributed by atoms with van der Waals surface area (Å²) in [5.74, 6) is 2.67. The predicted molar refractivity (Wildman–Crippen MR) is 74.0 cm³/mol. The van der Waals surface area contributed by atoms with Crippen molar-refractivity contribution in [2.75, 3.05) is 0 Å². The van der Waals surface area contributed by atoms with Gasteiger partial charge in [0.05, 0.1) is 12.2 Å². The maximum atomic E-state index is 5.49. The summed E-state index contributed by atoms with van der Waals surface area (Å²) < 4.78 is 5.49. The van der Waals surface area contributed by atoms with Crippen molar-refractivity contribution in [2.45, 2.75) is 89.8 Å². The summed E-state index contributed by atoms with van der Waals surface area (Å²) >= 11 is 0. The van der Waals surface area contributed by atoms with Crippen molar-refractivity contribution in [1.82, 2.24) is 0 Å². The van der Waals surface area contributed by atoms with Gasteiger partial charge in [0.25, 0.3) is 0 Å². The Morgan fingerprint density at radius 1 is 0.882 bits per heavy atom. The van der Waals surface area contributed by atoms with Gasteiger partial charge in [0.2, 0.25) is 0 Å². The average molecular weight is 236 g/mol. The lowest BCUT2D eigenvalue weighted by Crippen LogP contribution is -1.92. The Morgan fingerprint density at radius 2 is 1.47 bits per heavy atom. The van der Waals surface area contributed by atoms with Crippen LogP contribution >= 0.6 is 0 Å². The van der Waals surface area contributed by atoms with Crippen molar-refractivity contribution in [3.05, 3.63) is 0 Å². The Morgan fingerprint density at radius 3 is 2.06 bits per heavy atom. The molecular formula is C16H28O. The second kappa shape index (κ2) is 9.54. The van der Waals surface area contributed by atoms with Gasteiger partial charge in [-0.1, -0.05) is 64.7 Å². The van der Waals surface area contributed by atoms with E-state index in [1.165, 1.54) is 64.2 Å². The summed E-state index contributed by atoms with van der Waals surface area (Å²) in [6.07, 6.45) is 20.7. The minimum Gasteiger partial charge on any atom is -0.369 e. The van der Waals surface area contributed by atoms with E-state index in [9.17, 15) is 0 Å². The predicted octanol–water partition coefficient (Wildman–Crippen LogP) is 4.70. The molecule has 0 aromatic carbocycles. The van der Waals surface area contributed by atoms with Gasteiger partial charge in [0, 0.05) is 6.42 Å². The summed E-state index contributed by atoms with van der Waals surface area (Å²) in [5, 5.41) is 0. The molecule has 1 aliphatic heterocycles. The fourth-order valence-electron chi connectivity index (χ4n) is 2.38. The number of hydrogen-bond donors (Lipinski definition) is 0. The first-order valence-corrected chi connectivity index (χ1v) is 7.47. The van der Waals surface area contributed by atoms with Gasteiger partial charge < -0.3 is 4.74 Å². The third kappa shape index (κ3) is 7.45. The molecule has 17 heavy (non-hydrogen) atoms. The summed E-state index contributed by atoms with van der Waals surface area (Å²) in [6, 6.07) is 0. The highest BCUT2D eigenvalue weighted by Crippen LogP contribution is 2.29. The Bertz CT molecular complexity index is 216. The van der Waals surface area contributed by atoms with Gasteiger partial charge in [-0.3, -0.25) is 0 Å². The van der Waals surface area contributed by atoms with Gasteiger partial charge in [-0.15, -0.1) is 12.3 Å². The Labute approximate surface area is 107 Å². The number of epoxide rings is 1. The van der Waals surface area contributed by atoms with E-state index in [-0.39, 0.29) is 0 Å². The van der Waals surface area contributed by atoms with Gasteiger partial charge in [-0.05, 0) is 6.42 Å². The average Bonchev–Trinajstić information content (AvgIpc) is 3.06. The number of rotatable bonds is 11. The number of terminal acetylenes is 1. The van der Waals surface area contributed by atoms with E-state index >= 15 is 0 Å². The van der Waals surface area contributed by atoms with Crippen molar-refractivity contribution in [3.8, 4) is 12.3 Å². The van der Waals surface area contributed by atoms with Crippen LogP contribution in [0.4, 0.5) is 0 Å². The Hall–Kier alpha value is -0.480. The minimum absolute atomic E-state index is 0.397. The fourth-order valence-corrected chi connectivity index (χ4v) is 2.38. The van der Waals surface area contributed by atoms with Crippen LogP contribution in [0.2, 0.25) is 0 Å². The zero-order chi connectivity index (χ0) is 12.3. The summed E-state index contributed by atoms with van der Waals surface area (Å²) in [5.41, 5.74) is 0. The van der Waals surface area contributed by atoms with Gasteiger partial charge in [0.1, 0.15) is 0 Å². The van der Waals surface area contributed by atoms with Crippen LogP contribution in [-0.4, -0.2) is 12.2 Å². The molecule has 0 unspecified atom stereocenters. The smallest absolute Gasteiger partial charge is 0.0950 e. The second-order valence-electron chi connectivity index (χ2n) is 5.24. The standard InChI is InChI=1S/C16H28O/c1-3-5-6-7-8-9-10-11-12-14-16-15(17-16)13-4-2/h2,15-16H,3,5-14H2,1H3/t15-,16+/m0/s1. The first-order valence-electron chi connectivity index (χ1n) is 7.47. The maximum absolute atomic E-state index is 5.49. The molecule has 0 aromatic heterocycles. The summed E-state index contributed by atoms with van der Waals surface area (Å²) in [7, 11) is 0. The highest BCUT2D eigenvalue weighted by Gasteiger charge is 2.36. The van der Waals surface area contributed by atoms with E-state index in [0.29, 0.717) is 12.2 Å². The quantitative estimate of drug-likeness (QED) is 0.288. The molecule has 1 nitrogen and oxygen atoms in total. The lowest BCUT2D eigenvalue weighted by molar-refractivity contribution is 0.359. The molecule has 0 N–H and O–H groups in total.